The van der Waals surface area contributed by atoms with Gasteiger partial charge in [-0.1, -0.05) is 80.5 Å². The molecule has 1 aliphatic carbocycles. The first-order valence-corrected chi connectivity index (χ1v) is 9.43. The Balaban J connectivity index is 2.76. The van der Waals surface area contributed by atoms with Crippen molar-refractivity contribution >= 4 is 5.78 Å². The largest absolute Gasteiger partial charge is 0.478 e. The van der Waals surface area contributed by atoms with Gasteiger partial charge in [0.15, 0.2) is 11.4 Å². The Morgan fingerprint density at radius 3 is 1.50 bits per heavy atom. The van der Waals surface area contributed by atoms with Gasteiger partial charge >= 0.3 is 0 Å². The van der Waals surface area contributed by atoms with Crippen molar-refractivity contribution < 1.29 is 9.53 Å². The number of carbonyl (C=O) groups excluding carboxylic acids is 1. The highest BCUT2D eigenvalue weighted by atomic mass is 16.5. The Hall–Kier alpha value is -1.83. The molecule has 0 unspecified atom stereocenters. The van der Waals surface area contributed by atoms with Gasteiger partial charge in [0, 0.05) is 16.6 Å². The SMILES string of the molecule is CC(C)(C)C1=CC(Oc2ccccc2)(C(C)(C)C)C=C(C(C)(C)C)C1=O. The van der Waals surface area contributed by atoms with Crippen LogP contribution in [0.25, 0.3) is 0 Å². The van der Waals surface area contributed by atoms with Crippen molar-refractivity contribution in [1.82, 2.24) is 0 Å². The third kappa shape index (κ3) is 3.95. The Morgan fingerprint density at radius 2 is 1.15 bits per heavy atom. The van der Waals surface area contributed by atoms with Gasteiger partial charge in [0.1, 0.15) is 5.75 Å². The molecule has 0 saturated heterocycles. The molecule has 0 atom stereocenters. The molecule has 0 radical (unpaired) electrons. The maximum Gasteiger partial charge on any atom is 0.185 e. The van der Waals surface area contributed by atoms with Crippen molar-refractivity contribution in [1.29, 1.82) is 0 Å². The van der Waals surface area contributed by atoms with E-state index in [-0.39, 0.29) is 22.0 Å². The summed E-state index contributed by atoms with van der Waals surface area (Å²) >= 11 is 0. The van der Waals surface area contributed by atoms with Crippen LogP contribution in [-0.4, -0.2) is 11.4 Å². The number of benzene rings is 1. The van der Waals surface area contributed by atoms with Gasteiger partial charge in [0.05, 0.1) is 0 Å². The molecule has 0 N–H and O–H groups in total. The number of carbonyl (C=O) groups is 1. The van der Waals surface area contributed by atoms with Gasteiger partial charge in [-0.05, 0) is 35.1 Å². The molecule has 26 heavy (non-hydrogen) atoms. The van der Waals surface area contributed by atoms with Crippen molar-refractivity contribution in [3.8, 4) is 5.75 Å². The minimum Gasteiger partial charge on any atom is -0.478 e. The second-order valence-corrected chi connectivity index (χ2v) is 10.4. The molecule has 2 rings (SSSR count). The highest BCUT2D eigenvalue weighted by Crippen LogP contribution is 2.47. The molecule has 0 saturated carbocycles. The van der Waals surface area contributed by atoms with Crippen LogP contribution in [0.5, 0.6) is 5.75 Å². The van der Waals surface area contributed by atoms with E-state index >= 15 is 0 Å². The van der Waals surface area contributed by atoms with E-state index in [1.807, 2.05) is 30.3 Å². The van der Waals surface area contributed by atoms with E-state index in [4.69, 9.17) is 4.74 Å². The van der Waals surface area contributed by atoms with Crippen LogP contribution in [0.1, 0.15) is 62.3 Å². The van der Waals surface area contributed by atoms with Crippen LogP contribution in [-0.2, 0) is 4.79 Å². The molecule has 0 aromatic heterocycles. The van der Waals surface area contributed by atoms with Gasteiger partial charge in [-0.15, -0.1) is 0 Å². The molecule has 0 fully saturated rings. The Bertz CT molecular complexity index is 695. The second kappa shape index (κ2) is 6.40. The standard InChI is InChI=1S/C24H34O2/c1-21(2,3)18-15-24(23(7,8)9,26-17-13-11-10-12-14-17)16-19(20(18)25)22(4,5)6/h10-16H,1-9H3. The van der Waals surface area contributed by atoms with Gasteiger partial charge < -0.3 is 4.74 Å². The molecule has 1 aromatic carbocycles. The Morgan fingerprint density at radius 1 is 0.731 bits per heavy atom. The average Bonchev–Trinajstić information content (AvgIpc) is 2.46. The maximum atomic E-state index is 13.3. The van der Waals surface area contributed by atoms with Crippen molar-refractivity contribution in [3.05, 3.63) is 53.6 Å². The first kappa shape index (κ1) is 20.5. The summed E-state index contributed by atoms with van der Waals surface area (Å²) in [4.78, 5) is 13.3. The van der Waals surface area contributed by atoms with E-state index in [9.17, 15) is 4.79 Å². The number of hydrogen-bond donors (Lipinski definition) is 0. The van der Waals surface area contributed by atoms with Crippen LogP contribution < -0.4 is 4.74 Å². The molecular weight excluding hydrogens is 320 g/mol. The molecule has 1 aliphatic rings. The molecular formula is C24H34O2. The van der Waals surface area contributed by atoms with Crippen LogP contribution in [0.2, 0.25) is 0 Å². The van der Waals surface area contributed by atoms with Gasteiger partial charge in [-0.2, -0.15) is 0 Å². The molecule has 0 bridgehead atoms. The summed E-state index contributed by atoms with van der Waals surface area (Å²) in [5.41, 5.74) is 0.243. The Labute approximate surface area is 159 Å². The second-order valence-electron chi connectivity index (χ2n) is 10.4. The van der Waals surface area contributed by atoms with Crippen LogP contribution in [0.3, 0.4) is 0 Å². The predicted molar refractivity (Wildman–Crippen MR) is 109 cm³/mol. The zero-order valence-corrected chi connectivity index (χ0v) is 17.9. The first-order chi connectivity index (χ1) is 11.7. The zero-order chi connectivity index (χ0) is 20.0. The summed E-state index contributed by atoms with van der Waals surface area (Å²) in [7, 11) is 0. The molecule has 1 aromatic rings. The number of allylic oxidation sites excluding steroid dienone is 2. The molecule has 0 amide bonds. The third-order valence-corrected chi connectivity index (χ3v) is 5.02. The van der Waals surface area contributed by atoms with Crippen molar-refractivity contribution in [3.63, 3.8) is 0 Å². The lowest BCUT2D eigenvalue weighted by Crippen LogP contribution is -2.49. The fourth-order valence-electron chi connectivity index (χ4n) is 3.19. The lowest BCUT2D eigenvalue weighted by Gasteiger charge is -2.46. The summed E-state index contributed by atoms with van der Waals surface area (Å²) in [6, 6.07) is 9.87. The predicted octanol–water partition coefficient (Wildman–Crippen LogP) is 6.38. The monoisotopic (exact) mass is 354 g/mol. The van der Waals surface area contributed by atoms with E-state index in [0.29, 0.717) is 0 Å². The van der Waals surface area contributed by atoms with Crippen LogP contribution >= 0.6 is 0 Å². The smallest absolute Gasteiger partial charge is 0.185 e. The average molecular weight is 355 g/mol. The number of ketones is 1. The van der Waals surface area contributed by atoms with E-state index in [0.717, 1.165) is 16.9 Å². The van der Waals surface area contributed by atoms with E-state index < -0.39 is 5.60 Å². The van der Waals surface area contributed by atoms with Crippen LogP contribution in [0.4, 0.5) is 0 Å². The van der Waals surface area contributed by atoms with E-state index in [1.165, 1.54) is 0 Å². The Kier molecular flexibility index (Phi) is 5.04. The van der Waals surface area contributed by atoms with Crippen molar-refractivity contribution in [2.75, 3.05) is 0 Å². The van der Waals surface area contributed by atoms with E-state index in [1.54, 1.807) is 0 Å². The number of ether oxygens (including phenoxy) is 1. The summed E-state index contributed by atoms with van der Waals surface area (Å²) in [5.74, 6) is 0.951. The minimum atomic E-state index is -0.687. The molecule has 142 valence electrons. The lowest BCUT2D eigenvalue weighted by atomic mass is 9.64. The van der Waals surface area contributed by atoms with Crippen molar-refractivity contribution in [2.45, 2.75) is 67.9 Å². The van der Waals surface area contributed by atoms with Gasteiger partial charge in [0.25, 0.3) is 0 Å². The number of rotatable bonds is 2. The molecule has 2 heteroatoms. The highest BCUT2D eigenvalue weighted by Gasteiger charge is 2.48. The number of para-hydroxylation sites is 1. The van der Waals surface area contributed by atoms with Gasteiger partial charge in [-0.3, -0.25) is 4.79 Å². The fourth-order valence-corrected chi connectivity index (χ4v) is 3.19. The van der Waals surface area contributed by atoms with Gasteiger partial charge in [0.2, 0.25) is 0 Å². The molecule has 0 heterocycles. The fraction of sp³-hybridized carbons (Fsp3) is 0.542. The minimum absolute atomic E-state index is 0.140. The summed E-state index contributed by atoms with van der Waals surface area (Å²) in [6.45, 7) is 19.1. The molecule has 0 spiro atoms. The lowest BCUT2D eigenvalue weighted by molar-refractivity contribution is -0.114. The highest BCUT2D eigenvalue weighted by molar-refractivity contribution is 6.11. The summed E-state index contributed by atoms with van der Waals surface area (Å²) in [5, 5.41) is 0. The first-order valence-electron chi connectivity index (χ1n) is 9.43. The van der Waals surface area contributed by atoms with Crippen LogP contribution in [0, 0.1) is 16.2 Å². The summed E-state index contributed by atoms with van der Waals surface area (Å²) < 4.78 is 6.60. The normalized spacial score (nSPS) is 18.3. The zero-order valence-electron chi connectivity index (χ0n) is 17.9. The van der Waals surface area contributed by atoms with Crippen LogP contribution in [0.15, 0.2) is 53.6 Å². The quantitative estimate of drug-likeness (QED) is 0.616. The molecule has 0 aliphatic heterocycles. The van der Waals surface area contributed by atoms with Crippen molar-refractivity contribution in [2.24, 2.45) is 16.2 Å². The summed E-state index contributed by atoms with van der Waals surface area (Å²) in [6.07, 6.45) is 4.13. The topological polar surface area (TPSA) is 26.3 Å². The third-order valence-electron chi connectivity index (χ3n) is 5.02. The van der Waals surface area contributed by atoms with E-state index in [2.05, 4.69) is 74.5 Å². The number of hydrogen-bond acceptors (Lipinski definition) is 2. The van der Waals surface area contributed by atoms with Gasteiger partial charge in [-0.25, -0.2) is 0 Å². The maximum absolute atomic E-state index is 13.3. The molecule has 2 nitrogen and oxygen atoms in total. The number of Topliss-reactive ketones (excluding diaryl/α,β-unsaturated/α-hetero) is 1.